The van der Waals surface area contributed by atoms with Gasteiger partial charge < -0.3 is 9.47 Å². The fourth-order valence-corrected chi connectivity index (χ4v) is 4.13. The van der Waals surface area contributed by atoms with Crippen molar-refractivity contribution in [3.63, 3.8) is 0 Å². The van der Waals surface area contributed by atoms with E-state index in [0.29, 0.717) is 22.8 Å². The first-order valence-corrected chi connectivity index (χ1v) is 10.1. The van der Waals surface area contributed by atoms with Crippen LogP contribution in [0.25, 0.3) is 0 Å². The Bertz CT molecular complexity index is 939. The second kappa shape index (κ2) is 7.71. The summed E-state index contributed by atoms with van der Waals surface area (Å²) in [6.07, 6.45) is 0.662. The Hall–Kier alpha value is -1.95. The minimum absolute atomic E-state index is 0.205. The molecule has 0 amide bonds. The number of ketones is 2. The Kier molecular flexibility index (Phi) is 5.78. The zero-order valence-corrected chi connectivity index (χ0v) is 18.5. The summed E-state index contributed by atoms with van der Waals surface area (Å²) < 4.78 is 11.6. The Morgan fingerprint density at radius 2 is 1.66 bits per heavy atom. The van der Waals surface area contributed by atoms with Gasteiger partial charge in [-0.25, -0.2) is 4.98 Å². The van der Waals surface area contributed by atoms with Crippen molar-refractivity contribution in [3.8, 4) is 11.6 Å². The number of Topliss-reactive ketones (excluding diaryl/α,β-unsaturated/α-hetero) is 2. The van der Waals surface area contributed by atoms with Gasteiger partial charge in [-0.1, -0.05) is 36.2 Å². The number of aryl methyl sites for hydroxylation is 1. The Morgan fingerprint density at radius 3 is 2.21 bits per heavy atom. The molecule has 29 heavy (non-hydrogen) atoms. The molecule has 0 atom stereocenters. The van der Waals surface area contributed by atoms with Gasteiger partial charge in [-0.2, -0.15) is 0 Å². The predicted molar refractivity (Wildman–Crippen MR) is 112 cm³/mol. The third kappa shape index (κ3) is 4.32. The van der Waals surface area contributed by atoms with Crippen molar-refractivity contribution in [1.29, 1.82) is 0 Å². The Morgan fingerprint density at radius 1 is 1.03 bits per heavy atom. The molecular formula is C22H23Cl2NO4. The maximum Gasteiger partial charge on any atom is 0.222 e. The summed E-state index contributed by atoms with van der Waals surface area (Å²) in [6.45, 7) is 8.75. The molecule has 5 nitrogen and oxygen atoms in total. The van der Waals surface area contributed by atoms with E-state index in [1.54, 1.807) is 39.8 Å². The molecule has 0 radical (unpaired) electrons. The van der Waals surface area contributed by atoms with Gasteiger partial charge in [0.2, 0.25) is 5.88 Å². The van der Waals surface area contributed by atoms with Crippen LogP contribution in [0.15, 0.2) is 30.3 Å². The molecule has 0 spiro atoms. The number of ether oxygens (including phenoxy) is 2. The number of carbonyl (C=O) groups excluding carboxylic acids is 2. The van der Waals surface area contributed by atoms with Gasteiger partial charge in [0.15, 0.2) is 11.6 Å². The number of hydrogen-bond acceptors (Lipinski definition) is 5. The first-order valence-electron chi connectivity index (χ1n) is 9.37. The lowest BCUT2D eigenvalue weighted by Gasteiger charge is -2.43. The van der Waals surface area contributed by atoms with Gasteiger partial charge >= 0.3 is 0 Å². The minimum atomic E-state index is -1.08. The highest BCUT2D eigenvalue weighted by atomic mass is 35.5. The van der Waals surface area contributed by atoms with Crippen molar-refractivity contribution in [1.82, 2.24) is 4.98 Å². The quantitative estimate of drug-likeness (QED) is 0.464. The van der Waals surface area contributed by atoms with E-state index < -0.39 is 17.1 Å². The number of benzene rings is 1. The molecule has 2 heterocycles. The van der Waals surface area contributed by atoms with Crippen LogP contribution in [0, 0.1) is 0 Å². The Balaban J connectivity index is 2.07. The maximum absolute atomic E-state index is 13.1. The zero-order chi connectivity index (χ0) is 21.6. The standard InChI is InChI=1S/C22H23Cl2NO4/c1-6-12-7-8-14(28-17-10-13(23)9-16(24)25-17)11-15(12)18-19(26)21(2,3)29-22(4,5)20(18)27/h7-11,18H,6H2,1-5H3. The molecule has 1 fully saturated rings. The van der Waals surface area contributed by atoms with Gasteiger partial charge in [-0.15, -0.1) is 0 Å². The molecule has 1 aliphatic heterocycles. The molecule has 154 valence electrons. The lowest BCUT2D eigenvalue weighted by atomic mass is 9.73. The molecule has 0 N–H and O–H groups in total. The van der Waals surface area contributed by atoms with E-state index in [1.165, 1.54) is 12.1 Å². The van der Waals surface area contributed by atoms with E-state index in [-0.39, 0.29) is 22.6 Å². The predicted octanol–water partition coefficient (Wildman–Crippen LogP) is 5.55. The molecule has 0 saturated carbocycles. The second-order valence-corrected chi connectivity index (χ2v) is 8.87. The SMILES string of the molecule is CCc1ccc(Oc2cc(Cl)cc(Cl)n2)cc1C1C(=O)C(C)(C)OC(C)(C)C1=O. The number of aromatic nitrogens is 1. The molecule has 0 aliphatic carbocycles. The van der Waals surface area contributed by atoms with Crippen molar-refractivity contribution >= 4 is 34.8 Å². The number of carbonyl (C=O) groups is 2. The van der Waals surface area contributed by atoms with Crippen LogP contribution in [0.5, 0.6) is 11.6 Å². The smallest absolute Gasteiger partial charge is 0.222 e. The van der Waals surface area contributed by atoms with E-state index in [1.807, 2.05) is 13.0 Å². The molecule has 2 aromatic rings. The van der Waals surface area contributed by atoms with Crippen LogP contribution in [0.4, 0.5) is 0 Å². The highest BCUT2D eigenvalue weighted by molar-refractivity contribution is 6.34. The highest BCUT2D eigenvalue weighted by Gasteiger charge is 2.53. The van der Waals surface area contributed by atoms with Crippen LogP contribution in [-0.2, 0) is 20.7 Å². The molecule has 1 aromatic carbocycles. The van der Waals surface area contributed by atoms with Crippen LogP contribution in [0.3, 0.4) is 0 Å². The van der Waals surface area contributed by atoms with Crippen LogP contribution in [0.2, 0.25) is 10.2 Å². The molecule has 0 unspecified atom stereocenters. The van der Waals surface area contributed by atoms with Crippen molar-refractivity contribution in [2.45, 2.75) is 58.2 Å². The van der Waals surface area contributed by atoms with Gasteiger partial charge in [0.1, 0.15) is 28.0 Å². The van der Waals surface area contributed by atoms with Gasteiger partial charge in [0, 0.05) is 11.1 Å². The summed E-state index contributed by atoms with van der Waals surface area (Å²) in [5.74, 6) is -0.799. The third-order valence-electron chi connectivity index (χ3n) is 4.99. The summed E-state index contributed by atoms with van der Waals surface area (Å²) >= 11 is 11.9. The average molecular weight is 436 g/mol. The number of pyridine rings is 1. The molecular weight excluding hydrogens is 413 g/mol. The zero-order valence-electron chi connectivity index (χ0n) is 17.0. The number of rotatable bonds is 4. The van der Waals surface area contributed by atoms with E-state index >= 15 is 0 Å². The lowest BCUT2D eigenvalue weighted by molar-refractivity contribution is -0.184. The van der Waals surface area contributed by atoms with Crippen LogP contribution >= 0.6 is 23.2 Å². The minimum Gasteiger partial charge on any atom is -0.439 e. The van der Waals surface area contributed by atoms with Crippen molar-refractivity contribution in [2.75, 3.05) is 0 Å². The first kappa shape index (κ1) is 21.8. The number of hydrogen-bond donors (Lipinski definition) is 0. The van der Waals surface area contributed by atoms with E-state index in [0.717, 1.165) is 5.56 Å². The average Bonchev–Trinajstić information content (AvgIpc) is 2.59. The molecule has 3 rings (SSSR count). The lowest BCUT2D eigenvalue weighted by Crippen LogP contribution is -2.58. The van der Waals surface area contributed by atoms with Crippen molar-refractivity contribution in [3.05, 3.63) is 51.6 Å². The first-order chi connectivity index (χ1) is 13.4. The normalized spacial score (nSPS) is 18.7. The Labute approximate surface area is 180 Å². The van der Waals surface area contributed by atoms with Crippen LogP contribution in [0.1, 0.15) is 51.7 Å². The summed E-state index contributed by atoms with van der Waals surface area (Å²) in [5, 5.41) is 0.597. The van der Waals surface area contributed by atoms with Crippen molar-refractivity contribution < 1.29 is 19.1 Å². The largest absolute Gasteiger partial charge is 0.439 e. The van der Waals surface area contributed by atoms with Crippen LogP contribution in [-0.4, -0.2) is 27.8 Å². The van der Waals surface area contributed by atoms with Crippen molar-refractivity contribution in [2.24, 2.45) is 0 Å². The van der Waals surface area contributed by atoms with Gasteiger partial charge in [-0.3, -0.25) is 9.59 Å². The molecule has 1 aliphatic rings. The highest BCUT2D eigenvalue weighted by Crippen LogP contribution is 2.41. The third-order valence-corrected chi connectivity index (χ3v) is 5.40. The molecule has 1 saturated heterocycles. The summed E-state index contributed by atoms with van der Waals surface area (Å²) in [6, 6.07) is 8.38. The van der Waals surface area contributed by atoms with Gasteiger partial charge in [0.05, 0.1) is 0 Å². The summed E-state index contributed by atoms with van der Waals surface area (Å²) in [7, 11) is 0. The maximum atomic E-state index is 13.1. The van der Waals surface area contributed by atoms with E-state index in [2.05, 4.69) is 4.98 Å². The van der Waals surface area contributed by atoms with E-state index in [9.17, 15) is 9.59 Å². The summed E-state index contributed by atoms with van der Waals surface area (Å²) in [4.78, 5) is 30.4. The molecule has 1 aromatic heterocycles. The molecule has 7 heteroatoms. The van der Waals surface area contributed by atoms with Crippen LogP contribution < -0.4 is 4.74 Å². The van der Waals surface area contributed by atoms with Gasteiger partial charge in [0.25, 0.3) is 0 Å². The topological polar surface area (TPSA) is 65.5 Å². The fraction of sp³-hybridized carbons (Fsp3) is 0.409. The number of nitrogens with zero attached hydrogens (tertiary/aromatic N) is 1. The van der Waals surface area contributed by atoms with E-state index in [4.69, 9.17) is 32.7 Å². The summed E-state index contributed by atoms with van der Waals surface area (Å²) in [5.41, 5.74) is -0.634. The number of halogens is 2. The molecule has 0 bridgehead atoms. The van der Waals surface area contributed by atoms with Gasteiger partial charge in [-0.05, 0) is 63.4 Å². The monoisotopic (exact) mass is 435 g/mol. The fourth-order valence-electron chi connectivity index (χ4n) is 3.68. The second-order valence-electron chi connectivity index (χ2n) is 8.05.